The third-order valence-corrected chi connectivity index (χ3v) is 3.06. The van der Waals surface area contributed by atoms with E-state index in [9.17, 15) is 4.79 Å². The summed E-state index contributed by atoms with van der Waals surface area (Å²) < 4.78 is 10.6. The number of methoxy groups -OCH3 is 1. The van der Waals surface area contributed by atoms with Crippen LogP contribution in [0.1, 0.15) is 36.6 Å². The van der Waals surface area contributed by atoms with E-state index in [1.165, 1.54) is 0 Å². The zero-order chi connectivity index (χ0) is 14.3. The van der Waals surface area contributed by atoms with Crippen LogP contribution in [-0.2, 0) is 16.0 Å². The zero-order valence-corrected chi connectivity index (χ0v) is 12.3. The van der Waals surface area contributed by atoms with Gasteiger partial charge in [0.15, 0.2) is 0 Å². The molecule has 0 radical (unpaired) electrons. The quantitative estimate of drug-likeness (QED) is 0.678. The lowest BCUT2D eigenvalue weighted by Gasteiger charge is -2.11. The molecular weight excluding hydrogens is 242 g/mol. The first-order valence-corrected chi connectivity index (χ1v) is 6.68. The molecule has 0 aliphatic heterocycles. The van der Waals surface area contributed by atoms with Crippen LogP contribution in [-0.4, -0.2) is 31.1 Å². The molecule has 0 amide bonds. The monoisotopic (exact) mass is 265 g/mol. The number of aromatic nitrogens is 1. The molecule has 1 aromatic rings. The van der Waals surface area contributed by atoms with Crippen molar-refractivity contribution >= 4 is 5.78 Å². The molecule has 0 aliphatic carbocycles. The van der Waals surface area contributed by atoms with Gasteiger partial charge in [-0.1, -0.05) is 0 Å². The number of aryl methyl sites for hydroxylation is 1. The van der Waals surface area contributed by atoms with Crippen molar-refractivity contribution < 1.29 is 14.3 Å². The van der Waals surface area contributed by atoms with E-state index in [1.54, 1.807) is 13.3 Å². The van der Waals surface area contributed by atoms with Crippen LogP contribution in [0.25, 0.3) is 0 Å². The molecule has 1 heterocycles. The third-order valence-electron chi connectivity index (χ3n) is 3.06. The van der Waals surface area contributed by atoms with Gasteiger partial charge in [0.25, 0.3) is 0 Å². The van der Waals surface area contributed by atoms with E-state index < -0.39 is 0 Å². The van der Waals surface area contributed by atoms with Crippen molar-refractivity contribution in [3.05, 3.63) is 23.0 Å². The minimum Gasteiger partial charge on any atom is -0.496 e. The molecule has 0 N–H and O–H groups in total. The number of pyridine rings is 1. The molecule has 0 saturated heterocycles. The number of rotatable bonds is 8. The smallest absolute Gasteiger partial charge is 0.138 e. The Kier molecular flexibility index (Phi) is 6.50. The van der Waals surface area contributed by atoms with Gasteiger partial charge in [-0.3, -0.25) is 9.78 Å². The van der Waals surface area contributed by atoms with Crippen LogP contribution in [0, 0.1) is 13.8 Å². The molecule has 0 aromatic carbocycles. The molecule has 0 unspecified atom stereocenters. The Hall–Kier alpha value is -1.42. The van der Waals surface area contributed by atoms with Gasteiger partial charge in [0, 0.05) is 43.4 Å². The first kappa shape index (κ1) is 15.6. The van der Waals surface area contributed by atoms with E-state index >= 15 is 0 Å². The molecule has 106 valence electrons. The lowest BCUT2D eigenvalue weighted by atomic mass is 10.0. The second kappa shape index (κ2) is 7.89. The van der Waals surface area contributed by atoms with Crippen LogP contribution in [0.4, 0.5) is 0 Å². The van der Waals surface area contributed by atoms with Gasteiger partial charge in [0.2, 0.25) is 0 Å². The summed E-state index contributed by atoms with van der Waals surface area (Å²) in [5.74, 6) is 1.02. The van der Waals surface area contributed by atoms with Crippen molar-refractivity contribution in [2.75, 3.05) is 20.3 Å². The molecule has 4 heteroatoms. The van der Waals surface area contributed by atoms with Gasteiger partial charge < -0.3 is 9.47 Å². The van der Waals surface area contributed by atoms with Crippen LogP contribution >= 0.6 is 0 Å². The maximum atomic E-state index is 11.9. The largest absolute Gasteiger partial charge is 0.496 e. The zero-order valence-electron chi connectivity index (χ0n) is 12.3. The SMILES string of the molecule is CCOCCCC(=O)Cc1ncc(C)c(OC)c1C. The predicted octanol–water partition coefficient (Wildman–Crippen LogP) is 2.64. The second-order valence-corrected chi connectivity index (χ2v) is 4.56. The van der Waals surface area contributed by atoms with Crippen LogP contribution in [0.2, 0.25) is 0 Å². The second-order valence-electron chi connectivity index (χ2n) is 4.56. The Bertz CT molecular complexity index is 430. The van der Waals surface area contributed by atoms with E-state index in [0.29, 0.717) is 26.1 Å². The molecule has 0 atom stereocenters. The van der Waals surface area contributed by atoms with Crippen LogP contribution in [0.5, 0.6) is 5.75 Å². The van der Waals surface area contributed by atoms with Gasteiger partial charge >= 0.3 is 0 Å². The third kappa shape index (κ3) is 4.63. The van der Waals surface area contributed by atoms with Crippen LogP contribution in [0.3, 0.4) is 0 Å². The van der Waals surface area contributed by atoms with Gasteiger partial charge in [-0.2, -0.15) is 0 Å². The van der Waals surface area contributed by atoms with E-state index in [2.05, 4.69) is 4.98 Å². The molecule has 1 aromatic heterocycles. The Balaban J connectivity index is 2.59. The number of carbonyl (C=O) groups excluding carboxylic acids is 1. The molecule has 0 spiro atoms. The molecule has 0 bridgehead atoms. The van der Waals surface area contributed by atoms with E-state index in [1.807, 2.05) is 20.8 Å². The standard InChI is InChI=1S/C15H23NO3/c1-5-19-8-6-7-13(17)9-14-12(3)15(18-4)11(2)10-16-14/h10H,5-9H2,1-4H3. The maximum Gasteiger partial charge on any atom is 0.138 e. The summed E-state index contributed by atoms with van der Waals surface area (Å²) in [5, 5.41) is 0. The summed E-state index contributed by atoms with van der Waals surface area (Å²) in [5.41, 5.74) is 2.76. The Morgan fingerprint density at radius 1 is 1.37 bits per heavy atom. The average molecular weight is 265 g/mol. The Morgan fingerprint density at radius 3 is 2.74 bits per heavy atom. The Morgan fingerprint density at radius 2 is 2.11 bits per heavy atom. The lowest BCUT2D eigenvalue weighted by molar-refractivity contribution is -0.118. The molecule has 19 heavy (non-hydrogen) atoms. The minimum atomic E-state index is 0.196. The summed E-state index contributed by atoms with van der Waals surface area (Å²) in [6, 6.07) is 0. The summed E-state index contributed by atoms with van der Waals surface area (Å²) >= 11 is 0. The van der Waals surface area contributed by atoms with Crippen molar-refractivity contribution in [2.24, 2.45) is 0 Å². The van der Waals surface area contributed by atoms with Gasteiger partial charge in [0.1, 0.15) is 11.5 Å². The van der Waals surface area contributed by atoms with Crippen LogP contribution in [0.15, 0.2) is 6.20 Å². The fourth-order valence-electron chi connectivity index (χ4n) is 2.04. The van der Waals surface area contributed by atoms with E-state index in [-0.39, 0.29) is 5.78 Å². The van der Waals surface area contributed by atoms with Crippen molar-refractivity contribution in [1.82, 2.24) is 4.98 Å². The van der Waals surface area contributed by atoms with Crippen molar-refractivity contribution in [3.8, 4) is 5.75 Å². The number of nitrogens with zero attached hydrogens (tertiary/aromatic N) is 1. The number of Topliss-reactive ketones (excluding diaryl/α,β-unsaturated/α-hetero) is 1. The summed E-state index contributed by atoms with van der Waals surface area (Å²) in [7, 11) is 1.64. The number of hydrogen-bond acceptors (Lipinski definition) is 4. The van der Waals surface area contributed by atoms with Gasteiger partial charge in [-0.25, -0.2) is 0 Å². The molecule has 4 nitrogen and oxygen atoms in total. The van der Waals surface area contributed by atoms with Crippen molar-refractivity contribution in [2.45, 2.75) is 40.0 Å². The summed E-state index contributed by atoms with van der Waals surface area (Å²) in [4.78, 5) is 16.2. The molecule has 1 rings (SSSR count). The highest BCUT2D eigenvalue weighted by Gasteiger charge is 2.12. The first-order chi connectivity index (χ1) is 9.10. The lowest BCUT2D eigenvalue weighted by Crippen LogP contribution is -2.09. The average Bonchev–Trinajstić information content (AvgIpc) is 2.39. The fraction of sp³-hybridized carbons (Fsp3) is 0.600. The van der Waals surface area contributed by atoms with Gasteiger partial charge in [-0.05, 0) is 27.2 Å². The maximum absolute atomic E-state index is 11.9. The summed E-state index contributed by atoms with van der Waals surface area (Å²) in [6.45, 7) is 7.19. The molecule has 0 fully saturated rings. The minimum absolute atomic E-state index is 0.196. The fourth-order valence-corrected chi connectivity index (χ4v) is 2.04. The van der Waals surface area contributed by atoms with E-state index in [4.69, 9.17) is 9.47 Å². The highest BCUT2D eigenvalue weighted by Crippen LogP contribution is 2.24. The highest BCUT2D eigenvalue weighted by molar-refractivity contribution is 5.80. The topological polar surface area (TPSA) is 48.4 Å². The van der Waals surface area contributed by atoms with E-state index in [0.717, 1.165) is 29.0 Å². The molecular formula is C15H23NO3. The first-order valence-electron chi connectivity index (χ1n) is 6.68. The van der Waals surface area contributed by atoms with Crippen LogP contribution < -0.4 is 4.74 Å². The number of ether oxygens (including phenoxy) is 2. The summed E-state index contributed by atoms with van der Waals surface area (Å²) in [6.07, 6.45) is 3.44. The van der Waals surface area contributed by atoms with Crippen molar-refractivity contribution in [1.29, 1.82) is 0 Å². The number of carbonyl (C=O) groups is 1. The van der Waals surface area contributed by atoms with Gasteiger partial charge in [0.05, 0.1) is 12.8 Å². The molecule has 0 aliphatic rings. The Labute approximate surface area is 115 Å². The highest BCUT2D eigenvalue weighted by atomic mass is 16.5. The molecule has 0 saturated carbocycles. The normalized spacial score (nSPS) is 10.5. The number of ketones is 1. The number of hydrogen-bond donors (Lipinski definition) is 0. The predicted molar refractivity (Wildman–Crippen MR) is 74.7 cm³/mol. The van der Waals surface area contributed by atoms with Gasteiger partial charge in [-0.15, -0.1) is 0 Å². The van der Waals surface area contributed by atoms with Crippen molar-refractivity contribution in [3.63, 3.8) is 0 Å².